The normalized spacial score (nSPS) is 13.2. The van der Waals surface area contributed by atoms with E-state index in [-0.39, 0.29) is 23.3 Å². The van der Waals surface area contributed by atoms with Gasteiger partial charge in [0.25, 0.3) is 17.7 Å². The zero-order chi connectivity index (χ0) is 21.7. The smallest absolute Gasteiger partial charge is 0.261 e. The van der Waals surface area contributed by atoms with E-state index in [4.69, 9.17) is 4.98 Å². The van der Waals surface area contributed by atoms with E-state index < -0.39 is 0 Å². The van der Waals surface area contributed by atoms with Gasteiger partial charge in [-0.15, -0.1) is 11.3 Å². The molecule has 0 aliphatic carbocycles. The Balaban J connectivity index is 1.56. The molecule has 1 N–H and O–H groups in total. The van der Waals surface area contributed by atoms with Crippen molar-refractivity contribution in [2.75, 3.05) is 12.4 Å². The van der Waals surface area contributed by atoms with Gasteiger partial charge in [0, 0.05) is 19.3 Å². The molecule has 1 aromatic carbocycles. The van der Waals surface area contributed by atoms with Gasteiger partial charge in [0.1, 0.15) is 0 Å². The fourth-order valence-electron chi connectivity index (χ4n) is 3.65. The molecule has 8 nitrogen and oxygen atoms in total. The Hall–Kier alpha value is -3.85. The lowest BCUT2D eigenvalue weighted by atomic mass is 10.1. The van der Waals surface area contributed by atoms with Gasteiger partial charge in [-0.25, -0.2) is 9.67 Å². The molecule has 0 spiro atoms. The monoisotopic (exact) mass is 431 g/mol. The first kappa shape index (κ1) is 19.1. The Bertz CT molecular complexity index is 1370. The first-order valence-electron chi connectivity index (χ1n) is 9.66. The van der Waals surface area contributed by atoms with Gasteiger partial charge >= 0.3 is 0 Å². The van der Waals surface area contributed by atoms with Crippen LogP contribution in [0.4, 0.5) is 5.69 Å². The van der Waals surface area contributed by atoms with E-state index >= 15 is 0 Å². The van der Waals surface area contributed by atoms with Crippen LogP contribution in [0.1, 0.15) is 38.0 Å². The first-order valence-corrected chi connectivity index (χ1v) is 10.5. The van der Waals surface area contributed by atoms with E-state index in [0.29, 0.717) is 40.1 Å². The molecule has 0 radical (unpaired) electrons. The summed E-state index contributed by atoms with van der Waals surface area (Å²) in [6, 6.07) is 10.3. The summed E-state index contributed by atoms with van der Waals surface area (Å²) in [6.07, 6.45) is 1.64. The molecule has 4 aromatic rings. The molecule has 0 bridgehead atoms. The summed E-state index contributed by atoms with van der Waals surface area (Å²) in [4.78, 5) is 44.3. The standard InChI is InChI=1S/C22H17N5O3S/c1-3-27-19-16(11-23-27)14(10-17(25-19)18-5-4-8-31-18)20(28)24-12-6-7-13-15(9-12)22(30)26(2)21(13)29/h4-11H,3H2,1-2H3,(H,24,28). The van der Waals surface area contributed by atoms with Crippen LogP contribution in [0.3, 0.4) is 0 Å². The van der Waals surface area contributed by atoms with Crippen LogP contribution in [0.5, 0.6) is 0 Å². The molecular weight excluding hydrogens is 414 g/mol. The van der Waals surface area contributed by atoms with Crippen LogP contribution in [-0.2, 0) is 6.54 Å². The maximum Gasteiger partial charge on any atom is 0.261 e. The van der Waals surface area contributed by atoms with E-state index in [0.717, 1.165) is 9.78 Å². The van der Waals surface area contributed by atoms with Gasteiger partial charge in [-0.2, -0.15) is 5.10 Å². The number of rotatable bonds is 4. The van der Waals surface area contributed by atoms with E-state index in [1.165, 1.54) is 13.1 Å². The number of amides is 3. The second kappa shape index (κ2) is 7.13. The van der Waals surface area contributed by atoms with Gasteiger partial charge in [-0.1, -0.05) is 6.07 Å². The minimum absolute atomic E-state index is 0.281. The molecule has 154 valence electrons. The first-order chi connectivity index (χ1) is 15.0. The van der Waals surface area contributed by atoms with Crippen molar-refractivity contribution in [3.8, 4) is 10.6 Å². The number of carbonyl (C=O) groups excluding carboxylic acids is 3. The van der Waals surface area contributed by atoms with Crippen molar-refractivity contribution in [1.29, 1.82) is 0 Å². The summed E-state index contributed by atoms with van der Waals surface area (Å²) in [5.41, 5.74) is 2.82. The largest absolute Gasteiger partial charge is 0.322 e. The van der Waals surface area contributed by atoms with Crippen LogP contribution in [0, 0.1) is 0 Å². The zero-order valence-corrected chi connectivity index (χ0v) is 17.6. The lowest BCUT2D eigenvalue weighted by molar-refractivity contribution is 0.0692. The number of pyridine rings is 1. The van der Waals surface area contributed by atoms with Crippen LogP contribution in [0.2, 0.25) is 0 Å². The van der Waals surface area contributed by atoms with Crippen LogP contribution in [0.15, 0.2) is 48.0 Å². The summed E-state index contributed by atoms with van der Waals surface area (Å²) in [7, 11) is 1.44. The Morgan fingerprint density at radius 3 is 2.68 bits per heavy atom. The molecule has 0 fully saturated rings. The number of aromatic nitrogens is 3. The summed E-state index contributed by atoms with van der Waals surface area (Å²) >= 11 is 1.54. The predicted octanol–water partition coefficient (Wildman–Crippen LogP) is 3.66. The highest BCUT2D eigenvalue weighted by Gasteiger charge is 2.32. The molecule has 3 aromatic heterocycles. The van der Waals surface area contributed by atoms with E-state index in [1.54, 1.807) is 40.4 Å². The molecule has 5 rings (SSSR count). The molecule has 9 heteroatoms. The number of nitrogens with one attached hydrogen (secondary N) is 1. The molecule has 0 saturated carbocycles. The minimum Gasteiger partial charge on any atom is -0.322 e. The molecule has 31 heavy (non-hydrogen) atoms. The zero-order valence-electron chi connectivity index (χ0n) is 16.7. The van der Waals surface area contributed by atoms with Gasteiger partial charge < -0.3 is 5.32 Å². The third kappa shape index (κ3) is 3.01. The second-order valence-electron chi connectivity index (χ2n) is 7.11. The average molecular weight is 431 g/mol. The van der Waals surface area contributed by atoms with Crippen molar-refractivity contribution in [1.82, 2.24) is 19.7 Å². The van der Waals surface area contributed by atoms with E-state index in [1.807, 2.05) is 24.4 Å². The van der Waals surface area contributed by atoms with Crippen LogP contribution >= 0.6 is 11.3 Å². The number of hydrogen-bond acceptors (Lipinski definition) is 6. The number of imide groups is 1. The lowest BCUT2D eigenvalue weighted by Gasteiger charge is -2.09. The van der Waals surface area contributed by atoms with Gasteiger partial charge in [0.05, 0.1) is 38.8 Å². The van der Waals surface area contributed by atoms with Crippen LogP contribution in [0.25, 0.3) is 21.6 Å². The fourth-order valence-corrected chi connectivity index (χ4v) is 4.34. The number of thiophene rings is 1. The number of carbonyl (C=O) groups is 3. The Morgan fingerprint density at radius 1 is 1.13 bits per heavy atom. The number of nitrogens with zero attached hydrogens (tertiary/aromatic N) is 4. The third-order valence-electron chi connectivity index (χ3n) is 5.27. The predicted molar refractivity (Wildman–Crippen MR) is 117 cm³/mol. The SMILES string of the molecule is CCn1ncc2c(C(=O)Nc3ccc4c(c3)C(=O)N(C)C4=O)cc(-c3cccs3)nc21. The van der Waals surface area contributed by atoms with Crippen molar-refractivity contribution in [2.24, 2.45) is 0 Å². The second-order valence-corrected chi connectivity index (χ2v) is 8.06. The van der Waals surface area contributed by atoms with Crippen LogP contribution in [-0.4, -0.2) is 44.4 Å². The Kier molecular flexibility index (Phi) is 4.40. The highest BCUT2D eigenvalue weighted by Crippen LogP contribution is 2.29. The lowest BCUT2D eigenvalue weighted by Crippen LogP contribution is -2.24. The van der Waals surface area contributed by atoms with E-state index in [2.05, 4.69) is 10.4 Å². The Labute approximate surface area is 181 Å². The Morgan fingerprint density at radius 2 is 1.94 bits per heavy atom. The summed E-state index contributed by atoms with van der Waals surface area (Å²) in [6.45, 7) is 2.59. The number of fused-ring (bicyclic) bond motifs is 2. The summed E-state index contributed by atoms with van der Waals surface area (Å²) in [5.74, 6) is -1.07. The molecule has 4 heterocycles. The van der Waals surface area contributed by atoms with Crippen molar-refractivity contribution in [3.63, 3.8) is 0 Å². The van der Waals surface area contributed by atoms with Crippen LogP contribution < -0.4 is 5.32 Å². The summed E-state index contributed by atoms with van der Waals surface area (Å²) in [5, 5.41) is 9.80. The maximum atomic E-state index is 13.2. The van der Waals surface area contributed by atoms with Crippen molar-refractivity contribution in [2.45, 2.75) is 13.5 Å². The molecule has 1 aliphatic heterocycles. The molecular formula is C22H17N5O3S. The number of aryl methyl sites for hydroxylation is 1. The van der Waals surface area contributed by atoms with Gasteiger partial charge in [0.2, 0.25) is 0 Å². The topological polar surface area (TPSA) is 97.2 Å². The third-order valence-corrected chi connectivity index (χ3v) is 6.17. The molecule has 0 atom stereocenters. The molecule has 3 amide bonds. The van der Waals surface area contributed by atoms with Gasteiger partial charge in [0.15, 0.2) is 5.65 Å². The number of benzene rings is 1. The molecule has 0 unspecified atom stereocenters. The number of anilines is 1. The average Bonchev–Trinajstić information content (AvgIpc) is 3.50. The number of hydrogen-bond donors (Lipinski definition) is 1. The molecule has 1 aliphatic rings. The van der Waals surface area contributed by atoms with Crippen molar-refractivity contribution < 1.29 is 14.4 Å². The minimum atomic E-state index is -0.383. The maximum absolute atomic E-state index is 13.2. The van der Waals surface area contributed by atoms with Gasteiger partial charge in [-0.3, -0.25) is 19.3 Å². The molecule has 0 saturated heterocycles. The highest BCUT2D eigenvalue weighted by atomic mass is 32.1. The van der Waals surface area contributed by atoms with E-state index in [9.17, 15) is 14.4 Å². The van der Waals surface area contributed by atoms with Crippen molar-refractivity contribution >= 4 is 45.8 Å². The quantitative estimate of drug-likeness (QED) is 0.498. The summed E-state index contributed by atoms with van der Waals surface area (Å²) < 4.78 is 1.75. The van der Waals surface area contributed by atoms with Crippen molar-refractivity contribution in [3.05, 3.63) is 64.7 Å². The fraction of sp³-hybridized carbons (Fsp3) is 0.136. The van der Waals surface area contributed by atoms with Gasteiger partial charge in [-0.05, 0) is 42.6 Å². The highest BCUT2D eigenvalue weighted by molar-refractivity contribution is 7.13.